The van der Waals surface area contributed by atoms with E-state index in [-0.39, 0.29) is 11.8 Å². The molecule has 2 heterocycles. The second kappa shape index (κ2) is 3.89. The topological polar surface area (TPSA) is 88.1 Å². The molecule has 1 atom stereocenters. The molecule has 0 aliphatic rings. The van der Waals surface area contributed by atoms with Gasteiger partial charge in [-0.3, -0.25) is 0 Å². The number of phenolic OH excluding ortho intramolecular Hbond substituents is 1. The Labute approximate surface area is 103 Å². The predicted molar refractivity (Wildman–Crippen MR) is 68.1 cm³/mol. The van der Waals surface area contributed by atoms with Crippen molar-refractivity contribution in [2.75, 3.05) is 0 Å². The van der Waals surface area contributed by atoms with E-state index in [2.05, 4.69) is 9.97 Å². The molecule has 0 saturated carbocycles. The summed E-state index contributed by atoms with van der Waals surface area (Å²) in [6, 6.07) is 5.12. The quantitative estimate of drug-likeness (QED) is 0.645. The highest BCUT2D eigenvalue weighted by molar-refractivity contribution is 5.96. The lowest BCUT2D eigenvalue weighted by atomic mass is 10.1. The van der Waals surface area contributed by atoms with Crippen molar-refractivity contribution >= 4 is 10.9 Å². The summed E-state index contributed by atoms with van der Waals surface area (Å²) in [4.78, 5) is 7.22. The van der Waals surface area contributed by atoms with Crippen molar-refractivity contribution in [1.29, 1.82) is 0 Å². The molecule has 3 aromatic rings. The average Bonchev–Trinajstić information content (AvgIpc) is 2.94. The minimum atomic E-state index is -0.190. The Balaban J connectivity index is 2.16. The van der Waals surface area contributed by atoms with Crippen LogP contribution in [0.5, 0.6) is 5.75 Å². The molecular weight excluding hydrogens is 230 g/mol. The number of benzene rings is 1. The first-order valence-electron chi connectivity index (χ1n) is 5.67. The number of para-hydroxylation sites is 1. The van der Waals surface area contributed by atoms with Crippen molar-refractivity contribution in [3.8, 4) is 17.2 Å². The Kier molecular flexibility index (Phi) is 2.34. The molecule has 0 spiro atoms. The normalized spacial score (nSPS) is 13.0. The van der Waals surface area contributed by atoms with Crippen LogP contribution in [0.2, 0.25) is 0 Å². The maximum atomic E-state index is 9.72. The number of nitrogens with zero attached hydrogens (tertiary/aromatic N) is 1. The Hall–Kier alpha value is -2.27. The van der Waals surface area contributed by atoms with Crippen molar-refractivity contribution in [3.05, 3.63) is 36.4 Å². The van der Waals surface area contributed by atoms with Crippen LogP contribution in [0.4, 0.5) is 0 Å². The Morgan fingerprint density at radius 2 is 2.28 bits per heavy atom. The van der Waals surface area contributed by atoms with Crippen LogP contribution in [0.25, 0.3) is 22.4 Å². The highest BCUT2D eigenvalue weighted by Crippen LogP contribution is 2.32. The zero-order valence-electron chi connectivity index (χ0n) is 9.84. The minimum Gasteiger partial charge on any atom is -0.506 e. The highest BCUT2D eigenvalue weighted by atomic mass is 16.4. The third-order valence-corrected chi connectivity index (χ3v) is 2.90. The minimum absolute atomic E-state index is 0.190. The highest BCUT2D eigenvalue weighted by Gasteiger charge is 2.14. The fourth-order valence-electron chi connectivity index (χ4n) is 1.94. The third kappa shape index (κ3) is 1.56. The van der Waals surface area contributed by atoms with Gasteiger partial charge < -0.3 is 20.2 Å². The molecule has 0 aliphatic heterocycles. The number of hydrogen-bond acceptors (Lipinski definition) is 4. The second-order valence-corrected chi connectivity index (χ2v) is 4.26. The number of phenols is 1. The van der Waals surface area contributed by atoms with Gasteiger partial charge in [0.15, 0.2) is 0 Å². The van der Waals surface area contributed by atoms with Crippen molar-refractivity contribution < 1.29 is 9.52 Å². The van der Waals surface area contributed by atoms with Crippen molar-refractivity contribution in [2.24, 2.45) is 5.73 Å². The summed E-state index contributed by atoms with van der Waals surface area (Å²) in [6.07, 6.45) is 3.39. The van der Waals surface area contributed by atoms with Crippen LogP contribution in [-0.2, 0) is 0 Å². The molecule has 0 bridgehead atoms. The molecule has 18 heavy (non-hydrogen) atoms. The Bertz CT molecular complexity index is 697. The molecule has 2 aromatic heterocycles. The Morgan fingerprint density at radius 3 is 3.00 bits per heavy atom. The molecule has 0 radical (unpaired) electrons. The second-order valence-electron chi connectivity index (χ2n) is 4.26. The lowest BCUT2D eigenvalue weighted by molar-refractivity contribution is 0.480. The molecule has 5 heteroatoms. The number of oxazole rings is 1. The van der Waals surface area contributed by atoms with E-state index in [0.29, 0.717) is 17.2 Å². The number of aromatic amines is 1. The van der Waals surface area contributed by atoms with Crippen molar-refractivity contribution in [2.45, 2.75) is 13.0 Å². The lowest BCUT2D eigenvalue weighted by Crippen LogP contribution is -2.02. The molecule has 3 rings (SSSR count). The number of nitrogens with two attached hydrogens (primary N) is 1. The maximum Gasteiger partial charge on any atom is 0.228 e. The Morgan fingerprint density at radius 1 is 1.44 bits per heavy atom. The molecule has 4 N–H and O–H groups in total. The van der Waals surface area contributed by atoms with Crippen LogP contribution >= 0.6 is 0 Å². The number of nitrogens with one attached hydrogen (secondary N) is 1. The predicted octanol–water partition coefficient (Wildman–Crippen LogP) is 2.55. The van der Waals surface area contributed by atoms with Gasteiger partial charge in [-0.2, -0.15) is 0 Å². The van der Waals surface area contributed by atoms with E-state index in [4.69, 9.17) is 10.2 Å². The zero-order chi connectivity index (χ0) is 12.7. The average molecular weight is 243 g/mol. The van der Waals surface area contributed by atoms with Gasteiger partial charge in [-0.05, 0) is 13.0 Å². The van der Waals surface area contributed by atoms with Crippen LogP contribution < -0.4 is 5.73 Å². The van der Waals surface area contributed by atoms with E-state index < -0.39 is 0 Å². The van der Waals surface area contributed by atoms with Crippen molar-refractivity contribution in [3.63, 3.8) is 0 Å². The van der Waals surface area contributed by atoms with Crippen LogP contribution in [-0.4, -0.2) is 15.1 Å². The first-order chi connectivity index (χ1) is 8.66. The molecule has 0 saturated heterocycles. The van der Waals surface area contributed by atoms with Gasteiger partial charge in [0.25, 0.3) is 0 Å². The lowest BCUT2D eigenvalue weighted by Gasteiger charge is -1.98. The summed E-state index contributed by atoms with van der Waals surface area (Å²) < 4.78 is 5.60. The number of aromatic hydroxyl groups is 1. The van der Waals surface area contributed by atoms with Crippen LogP contribution in [0, 0.1) is 0 Å². The summed E-state index contributed by atoms with van der Waals surface area (Å²) >= 11 is 0. The van der Waals surface area contributed by atoms with Gasteiger partial charge >= 0.3 is 0 Å². The molecular formula is C13H13N3O2. The van der Waals surface area contributed by atoms with Gasteiger partial charge in [0.1, 0.15) is 11.5 Å². The van der Waals surface area contributed by atoms with E-state index in [1.165, 1.54) is 0 Å². The number of H-pyrrole nitrogens is 1. The van der Waals surface area contributed by atoms with Gasteiger partial charge in [0, 0.05) is 11.6 Å². The van der Waals surface area contributed by atoms with Gasteiger partial charge in [-0.25, -0.2) is 4.98 Å². The standard InChI is InChI=1S/C13H13N3O2/c1-7(14)11-6-16-13(18-11)9-5-15-12-8(9)3-2-4-10(12)17/h2-7,15,17H,14H2,1H3. The van der Waals surface area contributed by atoms with E-state index in [0.717, 1.165) is 10.9 Å². The third-order valence-electron chi connectivity index (χ3n) is 2.90. The SMILES string of the molecule is CC(N)c1cnc(-c2c[nH]c3c(O)cccc23)o1. The van der Waals surface area contributed by atoms with Gasteiger partial charge in [-0.1, -0.05) is 12.1 Å². The first-order valence-corrected chi connectivity index (χ1v) is 5.67. The molecule has 92 valence electrons. The zero-order valence-corrected chi connectivity index (χ0v) is 9.84. The smallest absolute Gasteiger partial charge is 0.228 e. The first kappa shape index (κ1) is 10.9. The van der Waals surface area contributed by atoms with E-state index in [1.807, 2.05) is 13.0 Å². The van der Waals surface area contributed by atoms with Crippen LogP contribution in [0.3, 0.4) is 0 Å². The van der Waals surface area contributed by atoms with E-state index >= 15 is 0 Å². The molecule has 0 aliphatic carbocycles. The molecule has 0 amide bonds. The summed E-state index contributed by atoms with van der Waals surface area (Å²) in [7, 11) is 0. The largest absolute Gasteiger partial charge is 0.506 e. The number of fused-ring (bicyclic) bond motifs is 1. The molecule has 0 fully saturated rings. The fourth-order valence-corrected chi connectivity index (χ4v) is 1.94. The van der Waals surface area contributed by atoms with Crippen molar-refractivity contribution in [1.82, 2.24) is 9.97 Å². The van der Waals surface area contributed by atoms with E-state index in [1.54, 1.807) is 24.5 Å². The van der Waals surface area contributed by atoms with Crippen LogP contribution in [0.15, 0.2) is 35.0 Å². The van der Waals surface area contributed by atoms with Gasteiger partial charge in [0.05, 0.1) is 23.3 Å². The summed E-state index contributed by atoms with van der Waals surface area (Å²) in [5, 5.41) is 10.6. The summed E-state index contributed by atoms with van der Waals surface area (Å²) in [5.74, 6) is 1.34. The van der Waals surface area contributed by atoms with Crippen LogP contribution in [0.1, 0.15) is 18.7 Å². The molecule has 1 aromatic carbocycles. The monoisotopic (exact) mass is 243 g/mol. The molecule has 5 nitrogen and oxygen atoms in total. The number of aromatic nitrogens is 2. The fraction of sp³-hybridized carbons (Fsp3) is 0.154. The van der Waals surface area contributed by atoms with Gasteiger partial charge in [0.2, 0.25) is 5.89 Å². The summed E-state index contributed by atoms with van der Waals surface area (Å²) in [6.45, 7) is 1.84. The summed E-state index contributed by atoms with van der Waals surface area (Å²) in [5.41, 5.74) is 7.22. The molecule has 1 unspecified atom stereocenters. The number of hydrogen-bond donors (Lipinski definition) is 3. The maximum absolute atomic E-state index is 9.72. The number of rotatable bonds is 2. The van der Waals surface area contributed by atoms with E-state index in [9.17, 15) is 5.11 Å². The van der Waals surface area contributed by atoms with Gasteiger partial charge in [-0.15, -0.1) is 0 Å².